The van der Waals surface area contributed by atoms with E-state index in [2.05, 4.69) is 26.4 Å². The van der Waals surface area contributed by atoms with E-state index in [0.29, 0.717) is 11.9 Å². The molecule has 0 bridgehead atoms. The van der Waals surface area contributed by atoms with Crippen LogP contribution in [0.3, 0.4) is 0 Å². The average molecular weight is 271 g/mol. The Hall–Kier alpha value is -1.88. The number of nitrogens with zero attached hydrogens (tertiary/aromatic N) is 4. The predicted molar refractivity (Wildman–Crippen MR) is 80.3 cm³/mol. The molecule has 2 aromatic rings. The molecular weight excluding hydrogens is 250 g/mol. The molecule has 1 saturated heterocycles. The lowest BCUT2D eigenvalue weighted by Gasteiger charge is -2.23. The van der Waals surface area contributed by atoms with E-state index in [-0.39, 0.29) is 0 Å². The highest BCUT2D eigenvalue weighted by atomic mass is 15.2. The fraction of sp³-hybridized carbons (Fsp3) is 0.467. The van der Waals surface area contributed by atoms with Gasteiger partial charge in [0.15, 0.2) is 0 Å². The molecule has 106 valence electrons. The van der Waals surface area contributed by atoms with Crippen LogP contribution in [0.15, 0.2) is 30.9 Å². The lowest BCUT2D eigenvalue weighted by atomic mass is 10.2. The quantitative estimate of drug-likeness (QED) is 0.926. The summed E-state index contributed by atoms with van der Waals surface area (Å²) in [4.78, 5) is 11.0. The summed E-state index contributed by atoms with van der Waals surface area (Å²) in [6.45, 7) is 5.71. The number of hydrogen-bond donors (Lipinski definition) is 1. The van der Waals surface area contributed by atoms with E-state index in [0.717, 1.165) is 17.8 Å². The van der Waals surface area contributed by atoms with E-state index in [4.69, 9.17) is 5.73 Å². The third-order valence-electron chi connectivity index (χ3n) is 3.98. The lowest BCUT2D eigenvalue weighted by Crippen LogP contribution is -2.27. The topological polar surface area (TPSA) is 60.0 Å². The zero-order chi connectivity index (χ0) is 13.9. The first-order chi connectivity index (χ1) is 9.75. The van der Waals surface area contributed by atoms with Gasteiger partial charge in [-0.25, -0.2) is 9.97 Å². The van der Waals surface area contributed by atoms with Crippen molar-refractivity contribution in [3.05, 3.63) is 30.9 Å². The second-order valence-electron chi connectivity index (χ2n) is 5.48. The van der Waals surface area contributed by atoms with Crippen LogP contribution in [-0.2, 0) is 0 Å². The Morgan fingerprint density at radius 1 is 1.35 bits per heavy atom. The lowest BCUT2D eigenvalue weighted by molar-refractivity contribution is 0.288. The molecule has 0 spiro atoms. The maximum absolute atomic E-state index is 5.98. The van der Waals surface area contributed by atoms with Crippen LogP contribution in [-0.4, -0.2) is 39.1 Å². The molecule has 3 rings (SSSR count). The van der Waals surface area contributed by atoms with Crippen molar-refractivity contribution in [2.75, 3.05) is 25.4 Å². The summed E-state index contributed by atoms with van der Waals surface area (Å²) in [5.41, 5.74) is 7.98. The highest BCUT2D eigenvalue weighted by Crippen LogP contribution is 2.26. The van der Waals surface area contributed by atoms with Crippen molar-refractivity contribution in [3.63, 3.8) is 0 Å². The summed E-state index contributed by atoms with van der Waals surface area (Å²) < 4.78 is 2.20. The van der Waals surface area contributed by atoms with E-state index >= 15 is 0 Å². The van der Waals surface area contributed by atoms with Gasteiger partial charge in [-0.3, -0.25) is 0 Å². The standard InChI is InChI=1S/C15H21N5/c1-12(10-19-7-2-3-8-19)20-11-17-9-14(20)13-5-4-6-18-15(13)16/h4-6,9,11-12H,2-3,7-8,10H2,1H3,(H2,16,18). The number of nitrogens with two attached hydrogens (primary N) is 1. The minimum absolute atomic E-state index is 0.380. The van der Waals surface area contributed by atoms with Crippen molar-refractivity contribution in [3.8, 4) is 11.3 Å². The normalized spacial score (nSPS) is 17.4. The molecule has 3 heterocycles. The van der Waals surface area contributed by atoms with Crippen LogP contribution in [0.1, 0.15) is 25.8 Å². The first-order valence-corrected chi connectivity index (χ1v) is 7.21. The van der Waals surface area contributed by atoms with Gasteiger partial charge in [0.25, 0.3) is 0 Å². The summed E-state index contributed by atoms with van der Waals surface area (Å²) in [7, 11) is 0. The first kappa shape index (κ1) is 13.1. The van der Waals surface area contributed by atoms with E-state index in [1.165, 1.54) is 25.9 Å². The smallest absolute Gasteiger partial charge is 0.132 e. The number of likely N-dealkylation sites (tertiary alicyclic amines) is 1. The monoisotopic (exact) mass is 271 g/mol. The van der Waals surface area contributed by atoms with Gasteiger partial charge in [0.05, 0.1) is 18.2 Å². The van der Waals surface area contributed by atoms with Crippen LogP contribution in [0.2, 0.25) is 0 Å². The summed E-state index contributed by atoms with van der Waals surface area (Å²) in [6.07, 6.45) is 8.11. The number of anilines is 1. The van der Waals surface area contributed by atoms with Gasteiger partial charge in [0, 0.05) is 24.3 Å². The van der Waals surface area contributed by atoms with Crippen molar-refractivity contribution in [1.29, 1.82) is 0 Å². The van der Waals surface area contributed by atoms with Gasteiger partial charge >= 0.3 is 0 Å². The largest absolute Gasteiger partial charge is 0.383 e. The summed E-state index contributed by atoms with van der Waals surface area (Å²) in [5, 5.41) is 0. The Morgan fingerprint density at radius 3 is 2.90 bits per heavy atom. The average Bonchev–Trinajstić information content (AvgIpc) is 3.09. The van der Waals surface area contributed by atoms with E-state index in [1.54, 1.807) is 6.20 Å². The molecular formula is C15H21N5. The molecule has 0 radical (unpaired) electrons. The second-order valence-corrected chi connectivity index (χ2v) is 5.48. The molecule has 0 aliphatic carbocycles. The van der Waals surface area contributed by atoms with Crippen molar-refractivity contribution >= 4 is 5.82 Å². The Morgan fingerprint density at radius 2 is 2.15 bits per heavy atom. The Bertz CT molecular complexity index is 571. The van der Waals surface area contributed by atoms with Crippen LogP contribution in [0, 0.1) is 0 Å². The molecule has 20 heavy (non-hydrogen) atoms. The van der Waals surface area contributed by atoms with Crippen molar-refractivity contribution < 1.29 is 0 Å². The molecule has 5 heteroatoms. The number of imidazole rings is 1. The fourth-order valence-corrected chi connectivity index (χ4v) is 2.93. The molecule has 1 aliphatic heterocycles. The SMILES string of the molecule is CC(CN1CCCC1)n1cncc1-c1cccnc1N. The zero-order valence-electron chi connectivity index (χ0n) is 11.9. The maximum atomic E-state index is 5.98. The molecule has 1 fully saturated rings. The van der Waals surface area contributed by atoms with Gasteiger partial charge in [-0.1, -0.05) is 0 Å². The number of nitrogen functional groups attached to an aromatic ring is 1. The third kappa shape index (κ3) is 2.54. The van der Waals surface area contributed by atoms with Gasteiger partial charge in [0.1, 0.15) is 5.82 Å². The van der Waals surface area contributed by atoms with Gasteiger partial charge in [-0.05, 0) is 45.0 Å². The number of pyridine rings is 1. The predicted octanol–water partition coefficient (Wildman–Crippen LogP) is 2.18. The van der Waals surface area contributed by atoms with E-state index in [9.17, 15) is 0 Å². The molecule has 0 aromatic carbocycles. The highest BCUT2D eigenvalue weighted by Gasteiger charge is 2.18. The van der Waals surface area contributed by atoms with Crippen molar-refractivity contribution in [2.24, 2.45) is 0 Å². The molecule has 1 unspecified atom stereocenters. The molecule has 0 amide bonds. The Labute approximate surface area is 119 Å². The van der Waals surface area contributed by atoms with Crippen molar-refractivity contribution in [2.45, 2.75) is 25.8 Å². The molecule has 0 saturated carbocycles. The Kier molecular flexibility index (Phi) is 3.69. The molecule has 5 nitrogen and oxygen atoms in total. The first-order valence-electron chi connectivity index (χ1n) is 7.21. The molecule has 2 aromatic heterocycles. The second kappa shape index (κ2) is 5.63. The van der Waals surface area contributed by atoms with Crippen LogP contribution in [0.4, 0.5) is 5.82 Å². The van der Waals surface area contributed by atoms with Gasteiger partial charge < -0.3 is 15.2 Å². The van der Waals surface area contributed by atoms with Gasteiger partial charge in [0.2, 0.25) is 0 Å². The minimum Gasteiger partial charge on any atom is -0.383 e. The van der Waals surface area contributed by atoms with Gasteiger partial charge in [-0.2, -0.15) is 0 Å². The van der Waals surface area contributed by atoms with Crippen molar-refractivity contribution in [1.82, 2.24) is 19.4 Å². The molecule has 1 aliphatic rings. The number of hydrogen-bond acceptors (Lipinski definition) is 4. The minimum atomic E-state index is 0.380. The summed E-state index contributed by atoms with van der Waals surface area (Å²) in [6, 6.07) is 4.29. The molecule has 1 atom stereocenters. The number of aromatic nitrogens is 3. The molecule has 2 N–H and O–H groups in total. The van der Waals surface area contributed by atoms with Crippen LogP contribution in [0.25, 0.3) is 11.3 Å². The van der Waals surface area contributed by atoms with E-state index < -0.39 is 0 Å². The van der Waals surface area contributed by atoms with Gasteiger partial charge in [-0.15, -0.1) is 0 Å². The maximum Gasteiger partial charge on any atom is 0.132 e. The Balaban J connectivity index is 1.84. The highest BCUT2D eigenvalue weighted by molar-refractivity contribution is 5.70. The van der Waals surface area contributed by atoms with E-state index in [1.807, 2.05) is 24.7 Å². The third-order valence-corrected chi connectivity index (χ3v) is 3.98. The van der Waals surface area contributed by atoms with Crippen LogP contribution >= 0.6 is 0 Å². The number of rotatable bonds is 4. The zero-order valence-corrected chi connectivity index (χ0v) is 11.9. The summed E-state index contributed by atoms with van der Waals surface area (Å²) >= 11 is 0. The fourth-order valence-electron chi connectivity index (χ4n) is 2.93. The summed E-state index contributed by atoms with van der Waals surface area (Å²) in [5.74, 6) is 0.558. The van der Waals surface area contributed by atoms with Crippen LogP contribution < -0.4 is 5.73 Å². The van der Waals surface area contributed by atoms with Crippen LogP contribution in [0.5, 0.6) is 0 Å².